The second-order valence-corrected chi connectivity index (χ2v) is 7.70. The van der Waals surface area contributed by atoms with E-state index in [4.69, 9.17) is 4.99 Å². The quantitative estimate of drug-likeness (QED) is 0.559. The van der Waals surface area contributed by atoms with Crippen LogP contribution in [0.1, 0.15) is 38.3 Å². The van der Waals surface area contributed by atoms with Crippen molar-refractivity contribution in [3.8, 4) is 0 Å². The third-order valence-corrected chi connectivity index (χ3v) is 5.04. The summed E-state index contributed by atoms with van der Waals surface area (Å²) in [5.41, 5.74) is 8.22. The number of nitrogens with zero attached hydrogens (tertiary/aromatic N) is 1. The van der Waals surface area contributed by atoms with E-state index in [0.717, 1.165) is 10.9 Å². The molecule has 0 saturated heterocycles. The van der Waals surface area contributed by atoms with Gasteiger partial charge in [0.2, 0.25) is 0 Å². The molecule has 0 bridgehead atoms. The minimum atomic E-state index is -0.0592. The van der Waals surface area contributed by atoms with E-state index in [0.29, 0.717) is 5.92 Å². The fraction of sp³-hybridized carbons (Fsp3) is 0.316. The van der Waals surface area contributed by atoms with Gasteiger partial charge in [-0.25, -0.2) is 0 Å². The molecule has 0 saturated carbocycles. The van der Waals surface area contributed by atoms with Gasteiger partial charge in [-0.05, 0) is 55.2 Å². The van der Waals surface area contributed by atoms with E-state index in [1.54, 1.807) is 0 Å². The van der Waals surface area contributed by atoms with Crippen molar-refractivity contribution in [2.24, 2.45) is 10.9 Å². The number of hydrogen-bond donors (Lipinski definition) is 0. The van der Waals surface area contributed by atoms with Gasteiger partial charge in [0.05, 0.1) is 5.54 Å². The predicted octanol–water partition coefficient (Wildman–Crippen LogP) is 5.43. The van der Waals surface area contributed by atoms with Gasteiger partial charge in [-0.15, -0.1) is 0 Å². The topological polar surface area (TPSA) is 12.4 Å². The lowest BCUT2D eigenvalue weighted by Gasteiger charge is -2.33. The lowest BCUT2D eigenvalue weighted by Crippen LogP contribution is -2.30. The Labute approximate surface area is 134 Å². The van der Waals surface area contributed by atoms with Crippen molar-refractivity contribution in [1.82, 2.24) is 0 Å². The molecule has 0 N–H and O–H groups in total. The first-order valence-corrected chi connectivity index (χ1v) is 8.23. The van der Waals surface area contributed by atoms with Gasteiger partial charge in [0.15, 0.2) is 0 Å². The number of dihydropyridines is 1. The summed E-state index contributed by atoms with van der Waals surface area (Å²) in [5, 5.41) is 0. The number of rotatable bonds is 0. The van der Waals surface area contributed by atoms with E-state index >= 15 is 0 Å². The molecule has 0 spiro atoms. The molecule has 0 radical (unpaired) electrons. The Morgan fingerprint density at radius 1 is 1.29 bits per heavy atom. The van der Waals surface area contributed by atoms with Crippen LogP contribution >= 0.6 is 15.9 Å². The number of aliphatic imine (C=N–C) groups is 1. The van der Waals surface area contributed by atoms with Crippen LogP contribution in [0, 0.1) is 5.92 Å². The minimum absolute atomic E-state index is 0.0592. The van der Waals surface area contributed by atoms with E-state index in [2.05, 4.69) is 73.1 Å². The Morgan fingerprint density at radius 2 is 2.10 bits per heavy atom. The second-order valence-electron chi connectivity index (χ2n) is 6.78. The number of fused-ring (bicyclic) bond motifs is 4. The molecule has 1 atom stereocenters. The maximum atomic E-state index is 4.97. The van der Waals surface area contributed by atoms with Crippen LogP contribution in [0.15, 0.2) is 51.0 Å². The standard InChI is InChI=1S/C19H18BrN/c1-11-10-19(2,3)21-18-8-13-6-12-7-14(20)4-5-15(12)17(13)9-16(11)18/h4-7,9-10,16H,8H2,1-3H3. The van der Waals surface area contributed by atoms with Gasteiger partial charge in [0.1, 0.15) is 0 Å². The normalized spacial score (nSPS) is 25.0. The van der Waals surface area contributed by atoms with Crippen LogP contribution in [0.5, 0.6) is 0 Å². The molecule has 1 aromatic carbocycles. The smallest absolute Gasteiger partial charge is 0.0734 e. The fourth-order valence-corrected chi connectivity index (χ4v) is 4.18. The molecule has 1 aromatic rings. The lowest BCUT2D eigenvalue weighted by molar-refractivity contribution is 0.623. The van der Waals surface area contributed by atoms with E-state index < -0.39 is 0 Å². The highest BCUT2D eigenvalue weighted by Crippen LogP contribution is 2.45. The van der Waals surface area contributed by atoms with Gasteiger partial charge in [-0.3, -0.25) is 4.99 Å². The summed E-state index contributed by atoms with van der Waals surface area (Å²) >= 11 is 3.57. The molecule has 1 unspecified atom stereocenters. The first-order valence-electron chi connectivity index (χ1n) is 7.44. The van der Waals surface area contributed by atoms with Crippen LogP contribution in [0.4, 0.5) is 0 Å². The highest BCUT2D eigenvalue weighted by Gasteiger charge is 2.33. The largest absolute Gasteiger partial charge is 0.283 e. The molecule has 3 aliphatic rings. The van der Waals surface area contributed by atoms with Crippen LogP contribution in [0.25, 0.3) is 11.6 Å². The monoisotopic (exact) mass is 339 g/mol. The van der Waals surface area contributed by atoms with Crippen molar-refractivity contribution in [2.45, 2.75) is 32.7 Å². The van der Waals surface area contributed by atoms with E-state index in [9.17, 15) is 0 Å². The Balaban J connectivity index is 1.86. The molecular formula is C19H18BrN. The summed E-state index contributed by atoms with van der Waals surface area (Å²) in [7, 11) is 0. The minimum Gasteiger partial charge on any atom is -0.283 e. The molecule has 1 aliphatic heterocycles. The maximum Gasteiger partial charge on any atom is 0.0734 e. The molecule has 0 aromatic heterocycles. The zero-order valence-electron chi connectivity index (χ0n) is 12.6. The zero-order chi connectivity index (χ0) is 14.8. The molecule has 2 heteroatoms. The molecule has 0 fully saturated rings. The van der Waals surface area contributed by atoms with Crippen molar-refractivity contribution in [1.29, 1.82) is 0 Å². The van der Waals surface area contributed by atoms with Gasteiger partial charge < -0.3 is 0 Å². The molecule has 1 heterocycles. The van der Waals surface area contributed by atoms with E-state index in [1.807, 2.05) is 0 Å². The summed E-state index contributed by atoms with van der Waals surface area (Å²) < 4.78 is 1.14. The SMILES string of the molecule is CC1=CC(C)(C)N=C2CC3=Cc4cc(Br)ccc4C3=CC12. The van der Waals surface area contributed by atoms with Gasteiger partial charge in [-0.1, -0.05) is 45.8 Å². The predicted molar refractivity (Wildman–Crippen MR) is 93.5 cm³/mol. The van der Waals surface area contributed by atoms with Crippen molar-refractivity contribution in [2.75, 3.05) is 0 Å². The highest BCUT2D eigenvalue weighted by molar-refractivity contribution is 9.10. The Bertz CT molecular complexity index is 775. The van der Waals surface area contributed by atoms with Gasteiger partial charge >= 0.3 is 0 Å². The average molecular weight is 340 g/mol. The molecule has 21 heavy (non-hydrogen) atoms. The van der Waals surface area contributed by atoms with Crippen molar-refractivity contribution in [3.63, 3.8) is 0 Å². The second kappa shape index (κ2) is 4.30. The van der Waals surface area contributed by atoms with Crippen molar-refractivity contribution >= 4 is 33.3 Å². The van der Waals surface area contributed by atoms with Gasteiger partial charge in [0, 0.05) is 22.5 Å². The molecule has 106 valence electrons. The fourth-order valence-electron chi connectivity index (χ4n) is 3.80. The van der Waals surface area contributed by atoms with Gasteiger partial charge in [0.25, 0.3) is 0 Å². The summed E-state index contributed by atoms with van der Waals surface area (Å²) in [4.78, 5) is 4.97. The molecule has 1 nitrogen and oxygen atoms in total. The number of hydrogen-bond acceptors (Lipinski definition) is 1. The zero-order valence-corrected chi connectivity index (χ0v) is 14.2. The molecule has 2 aliphatic carbocycles. The number of allylic oxidation sites excluding steroid dienone is 4. The molecule has 4 rings (SSSR count). The van der Waals surface area contributed by atoms with E-state index in [1.165, 1.54) is 33.6 Å². The van der Waals surface area contributed by atoms with Gasteiger partial charge in [-0.2, -0.15) is 0 Å². The van der Waals surface area contributed by atoms with Crippen LogP contribution in [-0.2, 0) is 0 Å². The summed E-state index contributed by atoms with van der Waals surface area (Å²) in [6.07, 6.45) is 8.03. The molecular weight excluding hydrogens is 322 g/mol. The first-order chi connectivity index (χ1) is 9.93. The Hall–Kier alpha value is -1.41. The lowest BCUT2D eigenvalue weighted by atomic mass is 9.77. The third kappa shape index (κ3) is 2.08. The summed E-state index contributed by atoms with van der Waals surface area (Å²) in [5.74, 6) is 0.389. The van der Waals surface area contributed by atoms with E-state index in [-0.39, 0.29) is 5.54 Å². The summed E-state index contributed by atoms with van der Waals surface area (Å²) in [6.45, 7) is 6.62. The first kappa shape index (κ1) is 13.3. The highest BCUT2D eigenvalue weighted by atomic mass is 79.9. The Morgan fingerprint density at radius 3 is 2.90 bits per heavy atom. The van der Waals surface area contributed by atoms with Crippen LogP contribution in [-0.4, -0.2) is 11.3 Å². The van der Waals surface area contributed by atoms with Crippen molar-refractivity contribution in [3.05, 3.63) is 57.1 Å². The number of benzene rings is 1. The third-order valence-electron chi connectivity index (χ3n) is 4.55. The number of halogens is 1. The molecule has 0 amide bonds. The Kier molecular flexibility index (Phi) is 2.71. The van der Waals surface area contributed by atoms with Crippen LogP contribution in [0.3, 0.4) is 0 Å². The summed E-state index contributed by atoms with van der Waals surface area (Å²) in [6, 6.07) is 6.56. The van der Waals surface area contributed by atoms with Crippen LogP contribution < -0.4 is 0 Å². The maximum absolute atomic E-state index is 4.97. The average Bonchev–Trinajstić information content (AvgIpc) is 2.71. The van der Waals surface area contributed by atoms with Crippen molar-refractivity contribution < 1.29 is 0 Å². The van der Waals surface area contributed by atoms with Crippen LogP contribution in [0.2, 0.25) is 0 Å².